The molecule has 1 rings (SSSR count). The normalized spacial score (nSPS) is 14.2. The summed E-state index contributed by atoms with van der Waals surface area (Å²) in [5, 5.41) is 3.46. The molecule has 0 saturated heterocycles. The Morgan fingerprint density at radius 1 is 1.38 bits per heavy atom. The summed E-state index contributed by atoms with van der Waals surface area (Å²) in [4.78, 5) is 0. The van der Waals surface area contributed by atoms with Crippen molar-refractivity contribution in [1.82, 2.24) is 0 Å². The molecule has 3 N–H and O–H groups in total. The highest BCUT2D eigenvalue weighted by Gasteiger charge is 2.10. The Morgan fingerprint density at radius 3 is 2.62 bits per heavy atom. The molecule has 0 aromatic heterocycles. The van der Waals surface area contributed by atoms with Gasteiger partial charge in [-0.2, -0.15) is 0 Å². The van der Waals surface area contributed by atoms with Crippen molar-refractivity contribution in [3.8, 4) is 5.75 Å². The van der Waals surface area contributed by atoms with Crippen LogP contribution < -0.4 is 15.8 Å². The molecule has 2 unspecified atom stereocenters. The van der Waals surface area contributed by atoms with E-state index in [1.165, 1.54) is 6.42 Å². The van der Waals surface area contributed by atoms with Gasteiger partial charge in [-0.05, 0) is 25.0 Å². The van der Waals surface area contributed by atoms with E-state index in [4.69, 9.17) is 10.5 Å². The summed E-state index contributed by atoms with van der Waals surface area (Å²) in [5.41, 5.74) is 7.49. The summed E-state index contributed by atoms with van der Waals surface area (Å²) in [6.07, 6.45) is 1.17. The molecular formula is C13H22N2O. The number of nitrogens with two attached hydrogens (primary N) is 1. The Hall–Kier alpha value is -1.38. The van der Waals surface area contributed by atoms with Gasteiger partial charge in [-0.15, -0.1) is 0 Å². The van der Waals surface area contributed by atoms with Gasteiger partial charge in [0, 0.05) is 17.8 Å². The zero-order valence-corrected chi connectivity index (χ0v) is 10.6. The Morgan fingerprint density at radius 2 is 2.06 bits per heavy atom. The van der Waals surface area contributed by atoms with Crippen molar-refractivity contribution >= 4 is 11.4 Å². The van der Waals surface area contributed by atoms with E-state index in [0.717, 1.165) is 11.4 Å². The lowest BCUT2D eigenvalue weighted by molar-refractivity contribution is 0.417. The third kappa shape index (κ3) is 3.05. The van der Waals surface area contributed by atoms with Gasteiger partial charge in [-0.3, -0.25) is 0 Å². The van der Waals surface area contributed by atoms with E-state index < -0.39 is 0 Å². The van der Waals surface area contributed by atoms with Crippen molar-refractivity contribution in [2.75, 3.05) is 18.2 Å². The molecule has 0 bridgehead atoms. The molecule has 1 aromatic rings. The zero-order valence-electron chi connectivity index (χ0n) is 10.6. The number of nitrogen functional groups attached to an aromatic ring is 1. The average molecular weight is 222 g/mol. The minimum absolute atomic E-state index is 0.443. The number of ether oxygens (including phenoxy) is 1. The standard InChI is InChI=1S/C13H22N2O/c1-5-9(2)10(3)15-11-6-7-12(14)13(8-11)16-4/h6-10,15H,5,14H2,1-4H3. The van der Waals surface area contributed by atoms with Gasteiger partial charge in [0.1, 0.15) is 5.75 Å². The van der Waals surface area contributed by atoms with Crippen molar-refractivity contribution in [1.29, 1.82) is 0 Å². The molecule has 90 valence electrons. The number of hydrogen-bond acceptors (Lipinski definition) is 3. The number of methoxy groups -OCH3 is 1. The molecule has 1 aromatic carbocycles. The molecule has 0 heterocycles. The summed E-state index contributed by atoms with van der Waals surface area (Å²) in [6.45, 7) is 6.63. The average Bonchev–Trinajstić information content (AvgIpc) is 2.30. The van der Waals surface area contributed by atoms with Gasteiger partial charge < -0.3 is 15.8 Å². The molecule has 16 heavy (non-hydrogen) atoms. The fraction of sp³-hybridized carbons (Fsp3) is 0.538. The number of hydrogen-bond donors (Lipinski definition) is 2. The topological polar surface area (TPSA) is 47.3 Å². The molecule has 0 spiro atoms. The SMILES string of the molecule is CCC(C)C(C)Nc1ccc(N)c(OC)c1. The van der Waals surface area contributed by atoms with Crippen LogP contribution in [0, 0.1) is 5.92 Å². The first-order valence-electron chi connectivity index (χ1n) is 5.78. The molecule has 3 nitrogen and oxygen atoms in total. The predicted octanol–water partition coefficient (Wildman–Crippen LogP) is 3.12. The zero-order chi connectivity index (χ0) is 12.1. The van der Waals surface area contributed by atoms with Crippen LogP contribution in [0.1, 0.15) is 27.2 Å². The molecule has 0 radical (unpaired) electrons. The van der Waals surface area contributed by atoms with E-state index >= 15 is 0 Å². The van der Waals surface area contributed by atoms with Crippen molar-refractivity contribution in [2.24, 2.45) is 5.92 Å². The molecule has 3 heteroatoms. The van der Waals surface area contributed by atoms with E-state index in [1.54, 1.807) is 7.11 Å². The summed E-state index contributed by atoms with van der Waals surface area (Å²) < 4.78 is 5.19. The third-order valence-corrected chi connectivity index (χ3v) is 3.13. The maximum Gasteiger partial charge on any atom is 0.143 e. The van der Waals surface area contributed by atoms with E-state index in [2.05, 4.69) is 26.1 Å². The van der Waals surface area contributed by atoms with Gasteiger partial charge >= 0.3 is 0 Å². The second-order valence-electron chi connectivity index (χ2n) is 4.28. The van der Waals surface area contributed by atoms with Crippen molar-refractivity contribution in [3.63, 3.8) is 0 Å². The second kappa shape index (κ2) is 5.64. The molecular weight excluding hydrogens is 200 g/mol. The van der Waals surface area contributed by atoms with Crippen LogP contribution in [0.3, 0.4) is 0 Å². The van der Waals surface area contributed by atoms with E-state index in [0.29, 0.717) is 17.6 Å². The van der Waals surface area contributed by atoms with Crippen LogP contribution in [0.4, 0.5) is 11.4 Å². The fourth-order valence-corrected chi connectivity index (χ4v) is 1.56. The van der Waals surface area contributed by atoms with Gasteiger partial charge in [0.2, 0.25) is 0 Å². The highest BCUT2D eigenvalue weighted by Crippen LogP contribution is 2.26. The highest BCUT2D eigenvalue weighted by atomic mass is 16.5. The first-order valence-corrected chi connectivity index (χ1v) is 5.78. The fourth-order valence-electron chi connectivity index (χ4n) is 1.56. The monoisotopic (exact) mass is 222 g/mol. The van der Waals surface area contributed by atoms with Gasteiger partial charge in [-0.1, -0.05) is 20.3 Å². The molecule has 0 amide bonds. The van der Waals surface area contributed by atoms with E-state index in [-0.39, 0.29) is 0 Å². The molecule has 0 fully saturated rings. The Labute approximate surface area is 98.0 Å². The van der Waals surface area contributed by atoms with E-state index in [9.17, 15) is 0 Å². The number of nitrogens with one attached hydrogen (secondary N) is 1. The molecule has 0 aliphatic rings. The Balaban J connectivity index is 2.74. The van der Waals surface area contributed by atoms with E-state index in [1.807, 2.05) is 18.2 Å². The van der Waals surface area contributed by atoms with Crippen molar-refractivity contribution in [3.05, 3.63) is 18.2 Å². The summed E-state index contributed by atoms with van der Waals surface area (Å²) in [7, 11) is 1.63. The number of benzene rings is 1. The molecule has 0 aliphatic carbocycles. The maximum atomic E-state index is 5.76. The summed E-state index contributed by atoms with van der Waals surface area (Å²) in [5.74, 6) is 1.37. The lowest BCUT2D eigenvalue weighted by Gasteiger charge is -2.21. The minimum atomic E-state index is 0.443. The molecule has 0 saturated carbocycles. The van der Waals surface area contributed by atoms with Crippen LogP contribution in [0.2, 0.25) is 0 Å². The summed E-state index contributed by atoms with van der Waals surface area (Å²) >= 11 is 0. The second-order valence-corrected chi connectivity index (χ2v) is 4.28. The summed E-state index contributed by atoms with van der Waals surface area (Å²) in [6, 6.07) is 6.23. The lowest BCUT2D eigenvalue weighted by atomic mass is 10.0. The lowest BCUT2D eigenvalue weighted by Crippen LogP contribution is -2.23. The molecule has 0 aliphatic heterocycles. The van der Waals surface area contributed by atoms with Crippen LogP contribution in [0.5, 0.6) is 5.75 Å². The van der Waals surface area contributed by atoms with Crippen LogP contribution in [-0.2, 0) is 0 Å². The largest absolute Gasteiger partial charge is 0.495 e. The Kier molecular flexibility index (Phi) is 4.47. The quantitative estimate of drug-likeness (QED) is 0.752. The number of anilines is 2. The first kappa shape index (κ1) is 12.7. The minimum Gasteiger partial charge on any atom is -0.495 e. The third-order valence-electron chi connectivity index (χ3n) is 3.13. The van der Waals surface area contributed by atoms with Crippen molar-refractivity contribution in [2.45, 2.75) is 33.2 Å². The van der Waals surface area contributed by atoms with Gasteiger partial charge in [0.25, 0.3) is 0 Å². The van der Waals surface area contributed by atoms with Gasteiger partial charge in [0.15, 0.2) is 0 Å². The smallest absolute Gasteiger partial charge is 0.143 e. The maximum absolute atomic E-state index is 5.76. The van der Waals surface area contributed by atoms with Crippen LogP contribution >= 0.6 is 0 Å². The predicted molar refractivity (Wildman–Crippen MR) is 69.9 cm³/mol. The van der Waals surface area contributed by atoms with Crippen LogP contribution in [-0.4, -0.2) is 13.2 Å². The molecule has 2 atom stereocenters. The first-order chi connectivity index (χ1) is 7.58. The number of rotatable bonds is 5. The Bertz CT molecular complexity index is 339. The van der Waals surface area contributed by atoms with Gasteiger partial charge in [0.05, 0.1) is 12.8 Å². The van der Waals surface area contributed by atoms with Crippen molar-refractivity contribution < 1.29 is 4.74 Å². The van der Waals surface area contributed by atoms with Gasteiger partial charge in [-0.25, -0.2) is 0 Å². The highest BCUT2D eigenvalue weighted by molar-refractivity contribution is 5.61. The van der Waals surface area contributed by atoms with Crippen LogP contribution in [0.15, 0.2) is 18.2 Å². The van der Waals surface area contributed by atoms with Crippen LogP contribution in [0.25, 0.3) is 0 Å².